The van der Waals surface area contributed by atoms with Crippen molar-refractivity contribution < 1.29 is 8.96 Å². The molecule has 1 nitrogen and oxygen atoms in total. The van der Waals surface area contributed by atoms with E-state index in [9.17, 15) is 8.96 Å². The summed E-state index contributed by atoms with van der Waals surface area (Å²) in [5, 5.41) is 1.33. The van der Waals surface area contributed by atoms with Crippen molar-refractivity contribution in [3.8, 4) is 0 Å². The summed E-state index contributed by atoms with van der Waals surface area (Å²) in [6.45, 7) is 7.56. The second-order valence-corrected chi connectivity index (χ2v) is 8.43. The fraction of sp³-hybridized carbons (Fsp3) is 0.167. The highest BCUT2D eigenvalue weighted by molar-refractivity contribution is 7.81. The van der Waals surface area contributed by atoms with E-state index in [4.69, 9.17) is 0 Å². The highest BCUT2D eigenvalue weighted by Crippen LogP contribution is 2.60. The molecule has 0 radical (unpaired) electrons. The van der Waals surface area contributed by atoms with E-state index in [1.807, 2.05) is 44.2 Å². The summed E-state index contributed by atoms with van der Waals surface area (Å²) in [7, 11) is -2.87. The Morgan fingerprint density at radius 2 is 1.67 bits per heavy atom. The van der Waals surface area contributed by atoms with Gasteiger partial charge < -0.3 is 4.57 Å². The molecule has 0 bridgehead atoms. The molecule has 2 aromatic carbocycles. The predicted octanol–water partition coefficient (Wildman–Crippen LogP) is 5.05. The molecule has 0 spiro atoms. The van der Waals surface area contributed by atoms with Crippen molar-refractivity contribution in [1.29, 1.82) is 0 Å². The van der Waals surface area contributed by atoms with Crippen molar-refractivity contribution in [2.45, 2.75) is 19.5 Å². The molecule has 108 valence electrons. The Balaban J connectivity index is 2.64. The quantitative estimate of drug-likeness (QED) is 0.570. The van der Waals surface area contributed by atoms with Crippen LogP contribution in [0.4, 0.5) is 4.39 Å². The Hall–Kier alpha value is -1.88. The van der Waals surface area contributed by atoms with E-state index in [-0.39, 0.29) is 11.5 Å². The summed E-state index contributed by atoms with van der Waals surface area (Å²) in [5.41, 5.74) is 3.45. The maximum Gasteiger partial charge on any atom is 0.153 e. The molecule has 0 aliphatic carbocycles. The summed E-state index contributed by atoms with van der Waals surface area (Å²) in [6.07, 6.45) is 0. The van der Waals surface area contributed by atoms with Gasteiger partial charge in [0.25, 0.3) is 0 Å². The third-order valence-corrected chi connectivity index (χ3v) is 7.08. The molecule has 2 aromatic rings. The van der Waals surface area contributed by atoms with Gasteiger partial charge in [-0.1, -0.05) is 62.9 Å². The molecule has 3 heteroatoms. The molecule has 1 atom stereocenters. The molecule has 0 saturated carbocycles. The van der Waals surface area contributed by atoms with Crippen LogP contribution in [0.3, 0.4) is 0 Å². The van der Waals surface area contributed by atoms with Crippen LogP contribution in [-0.4, -0.2) is 5.66 Å². The van der Waals surface area contributed by atoms with Crippen LogP contribution in [0.5, 0.6) is 0 Å². The van der Waals surface area contributed by atoms with Gasteiger partial charge in [0, 0.05) is 11.0 Å². The largest absolute Gasteiger partial charge is 0.313 e. The Kier molecular flexibility index (Phi) is 4.63. The Bertz CT molecular complexity index is 711. The second-order valence-electron chi connectivity index (χ2n) is 5.12. The topological polar surface area (TPSA) is 17.1 Å². The number of hydrogen-bond donors (Lipinski definition) is 0. The van der Waals surface area contributed by atoms with Crippen LogP contribution < -0.4 is 5.30 Å². The summed E-state index contributed by atoms with van der Waals surface area (Å²) >= 11 is 0. The lowest BCUT2D eigenvalue weighted by atomic mass is 10.2. The van der Waals surface area contributed by atoms with Gasteiger partial charge in [-0.3, -0.25) is 0 Å². The van der Waals surface area contributed by atoms with Crippen molar-refractivity contribution in [3.05, 3.63) is 78.3 Å². The lowest BCUT2D eigenvalue weighted by Gasteiger charge is -2.24. The zero-order valence-corrected chi connectivity index (χ0v) is 13.1. The average Bonchev–Trinajstić information content (AvgIpc) is 2.50. The van der Waals surface area contributed by atoms with Gasteiger partial charge >= 0.3 is 0 Å². The molecule has 0 aliphatic heterocycles. The first-order valence-electron chi connectivity index (χ1n) is 6.82. The number of halogens is 1. The monoisotopic (exact) mass is 300 g/mol. The summed E-state index contributed by atoms with van der Waals surface area (Å²) in [4.78, 5) is 0. The fourth-order valence-corrected chi connectivity index (χ4v) is 5.11. The van der Waals surface area contributed by atoms with Crippen molar-refractivity contribution in [2.75, 3.05) is 0 Å². The zero-order valence-electron chi connectivity index (χ0n) is 12.2. The first-order valence-corrected chi connectivity index (χ1v) is 8.59. The molecular weight excluding hydrogens is 282 g/mol. The Labute approximate surface area is 125 Å². The summed E-state index contributed by atoms with van der Waals surface area (Å²) < 4.78 is 26.8. The minimum Gasteiger partial charge on any atom is -0.313 e. The molecule has 0 N–H and O–H groups in total. The van der Waals surface area contributed by atoms with Crippen molar-refractivity contribution in [1.82, 2.24) is 0 Å². The van der Waals surface area contributed by atoms with E-state index in [0.717, 1.165) is 5.30 Å². The van der Waals surface area contributed by atoms with E-state index in [0.29, 0.717) is 10.9 Å². The first-order chi connectivity index (χ1) is 10.00. The van der Waals surface area contributed by atoms with Crippen LogP contribution in [0, 0.1) is 5.82 Å². The van der Waals surface area contributed by atoms with Crippen LogP contribution in [-0.2, 0) is 4.57 Å². The lowest BCUT2D eigenvalue weighted by molar-refractivity contribution is 0.582. The predicted molar refractivity (Wildman–Crippen MR) is 87.8 cm³/mol. The number of rotatable bonds is 4. The molecule has 21 heavy (non-hydrogen) atoms. The van der Waals surface area contributed by atoms with Crippen LogP contribution in [0.2, 0.25) is 0 Å². The highest BCUT2D eigenvalue weighted by atomic mass is 31.2. The number of benzene rings is 2. The molecule has 2 rings (SSSR count). The smallest absolute Gasteiger partial charge is 0.153 e. The standard InChI is InChI=1S/C18H18FOP/c1-4-18(15-10-12-16(19)13-11-15)21(20,14(2)3)17-8-6-5-7-9-17/h5-14H,1H2,2-3H3/t21-/m0/s1. The van der Waals surface area contributed by atoms with Gasteiger partial charge in [0.2, 0.25) is 0 Å². The van der Waals surface area contributed by atoms with Crippen LogP contribution >= 0.6 is 7.14 Å². The third-order valence-electron chi connectivity index (χ3n) is 3.48. The fourth-order valence-electron chi connectivity index (χ4n) is 2.35. The van der Waals surface area contributed by atoms with Crippen molar-refractivity contribution in [3.63, 3.8) is 0 Å². The van der Waals surface area contributed by atoms with E-state index < -0.39 is 7.14 Å². The minimum atomic E-state index is -2.87. The second kappa shape index (κ2) is 6.26. The van der Waals surface area contributed by atoms with Gasteiger partial charge in [0.05, 0.1) is 5.31 Å². The molecule has 0 fully saturated rings. The van der Waals surface area contributed by atoms with Gasteiger partial charge in [0.1, 0.15) is 5.82 Å². The van der Waals surface area contributed by atoms with E-state index in [1.54, 1.807) is 12.1 Å². The molecule has 0 aliphatic rings. The maximum atomic E-state index is 13.7. The van der Waals surface area contributed by atoms with Crippen LogP contribution in [0.25, 0.3) is 5.31 Å². The van der Waals surface area contributed by atoms with E-state index in [1.165, 1.54) is 12.1 Å². The number of hydrogen-bond acceptors (Lipinski definition) is 1. The minimum absolute atomic E-state index is 0.0887. The molecule has 0 unspecified atom stereocenters. The van der Waals surface area contributed by atoms with Gasteiger partial charge in [-0.05, 0) is 17.7 Å². The highest BCUT2D eigenvalue weighted by Gasteiger charge is 2.33. The SMILES string of the molecule is C=C=C(c1ccc(F)cc1)[P@@](=O)(c1ccccc1)C(C)C. The van der Waals surface area contributed by atoms with Crippen molar-refractivity contribution in [2.24, 2.45) is 0 Å². The van der Waals surface area contributed by atoms with Gasteiger partial charge in [-0.15, -0.1) is 5.73 Å². The molecule has 0 aromatic heterocycles. The molecule has 0 saturated heterocycles. The normalized spacial score (nSPS) is 13.5. The Morgan fingerprint density at radius 1 is 1.10 bits per heavy atom. The molecule has 0 amide bonds. The molecular formula is C18H18FOP. The van der Waals surface area contributed by atoms with Crippen molar-refractivity contribution >= 4 is 17.8 Å². The Morgan fingerprint density at radius 3 is 2.14 bits per heavy atom. The molecule has 0 heterocycles. The van der Waals surface area contributed by atoms with Gasteiger partial charge in [-0.25, -0.2) is 4.39 Å². The first kappa shape index (κ1) is 15.5. The average molecular weight is 300 g/mol. The van der Waals surface area contributed by atoms with Crippen LogP contribution in [0.15, 0.2) is 66.9 Å². The van der Waals surface area contributed by atoms with E-state index in [2.05, 4.69) is 12.3 Å². The lowest BCUT2D eigenvalue weighted by Crippen LogP contribution is -2.13. The zero-order chi connectivity index (χ0) is 15.5. The summed E-state index contributed by atoms with van der Waals surface area (Å²) in [5.74, 6) is -0.318. The van der Waals surface area contributed by atoms with Gasteiger partial charge in [0.15, 0.2) is 7.14 Å². The summed E-state index contributed by atoms with van der Waals surface area (Å²) in [6, 6.07) is 15.3. The van der Waals surface area contributed by atoms with E-state index >= 15 is 0 Å². The van der Waals surface area contributed by atoms with Gasteiger partial charge in [-0.2, -0.15) is 0 Å². The van der Waals surface area contributed by atoms with Crippen LogP contribution in [0.1, 0.15) is 19.4 Å². The maximum absolute atomic E-state index is 13.7. The third kappa shape index (κ3) is 2.93.